The number of rotatable bonds is 3. The van der Waals surface area contributed by atoms with E-state index in [0.29, 0.717) is 5.75 Å². The summed E-state index contributed by atoms with van der Waals surface area (Å²) in [5.41, 5.74) is 12.0. The molecule has 2 nitrogen and oxygen atoms in total. The molecule has 0 aliphatic heterocycles. The second-order valence-corrected chi connectivity index (χ2v) is 6.56. The number of phenols is 1. The van der Waals surface area contributed by atoms with Gasteiger partial charge < -0.3 is 10.8 Å². The lowest BCUT2D eigenvalue weighted by Gasteiger charge is -2.32. The van der Waals surface area contributed by atoms with Crippen LogP contribution in [0.5, 0.6) is 5.75 Å². The third-order valence-electron chi connectivity index (χ3n) is 4.97. The third-order valence-corrected chi connectivity index (χ3v) is 4.97. The Labute approximate surface area is 143 Å². The normalized spacial score (nSPS) is 13.5. The Kier molecular flexibility index (Phi) is 4.06. The number of aryl methyl sites for hydroxylation is 2. The van der Waals surface area contributed by atoms with Gasteiger partial charge in [-0.2, -0.15) is 0 Å². The van der Waals surface area contributed by atoms with Crippen molar-refractivity contribution in [2.24, 2.45) is 0 Å². The first-order chi connectivity index (χ1) is 11.4. The first-order valence-electron chi connectivity index (χ1n) is 8.15. The SMILES string of the molecule is Cc1cc(C(C)(c2ccccc2)c2ccc(O)c(C)c2)ccc1N. The van der Waals surface area contributed by atoms with Crippen molar-refractivity contribution in [3.8, 4) is 5.75 Å². The molecule has 0 spiro atoms. The molecule has 3 aromatic rings. The molecule has 122 valence electrons. The van der Waals surface area contributed by atoms with E-state index in [9.17, 15) is 5.11 Å². The number of hydrogen-bond acceptors (Lipinski definition) is 2. The molecule has 1 atom stereocenters. The molecule has 0 bridgehead atoms. The Balaban J connectivity index is 2.28. The fraction of sp³-hybridized carbons (Fsp3) is 0.182. The molecule has 1 unspecified atom stereocenters. The molecule has 3 aromatic carbocycles. The third kappa shape index (κ3) is 2.65. The average Bonchev–Trinajstić information content (AvgIpc) is 2.60. The molecule has 0 radical (unpaired) electrons. The minimum Gasteiger partial charge on any atom is -0.508 e. The van der Waals surface area contributed by atoms with E-state index in [2.05, 4.69) is 49.4 Å². The van der Waals surface area contributed by atoms with Gasteiger partial charge in [-0.3, -0.25) is 0 Å². The van der Waals surface area contributed by atoms with Crippen molar-refractivity contribution in [2.75, 3.05) is 5.73 Å². The van der Waals surface area contributed by atoms with Crippen molar-refractivity contribution in [3.05, 3.63) is 94.5 Å². The van der Waals surface area contributed by atoms with Gasteiger partial charge >= 0.3 is 0 Å². The van der Waals surface area contributed by atoms with Crippen LogP contribution in [0.1, 0.15) is 34.7 Å². The zero-order valence-corrected chi connectivity index (χ0v) is 14.4. The maximum absolute atomic E-state index is 9.91. The summed E-state index contributed by atoms with van der Waals surface area (Å²) in [7, 11) is 0. The van der Waals surface area contributed by atoms with Crippen LogP contribution in [0.15, 0.2) is 66.7 Å². The largest absolute Gasteiger partial charge is 0.508 e. The Morgan fingerprint density at radius 2 is 1.33 bits per heavy atom. The highest BCUT2D eigenvalue weighted by molar-refractivity contribution is 5.56. The monoisotopic (exact) mass is 317 g/mol. The van der Waals surface area contributed by atoms with E-state index >= 15 is 0 Å². The van der Waals surface area contributed by atoms with Gasteiger partial charge in [0.15, 0.2) is 0 Å². The molecule has 3 N–H and O–H groups in total. The summed E-state index contributed by atoms with van der Waals surface area (Å²) in [5.74, 6) is 0.322. The molecule has 0 heterocycles. The van der Waals surface area contributed by atoms with Crippen molar-refractivity contribution in [1.82, 2.24) is 0 Å². The van der Waals surface area contributed by atoms with Gasteiger partial charge in [-0.1, -0.05) is 54.6 Å². The first-order valence-corrected chi connectivity index (χ1v) is 8.15. The van der Waals surface area contributed by atoms with Gasteiger partial charge in [-0.25, -0.2) is 0 Å². The number of benzene rings is 3. The summed E-state index contributed by atoms with van der Waals surface area (Å²) in [6.07, 6.45) is 0. The number of nitrogen functional groups attached to an aromatic ring is 1. The fourth-order valence-corrected chi connectivity index (χ4v) is 3.22. The van der Waals surface area contributed by atoms with Gasteiger partial charge in [0.1, 0.15) is 5.75 Å². The minimum atomic E-state index is -0.321. The molecule has 3 rings (SSSR count). The second kappa shape index (κ2) is 6.04. The van der Waals surface area contributed by atoms with Crippen molar-refractivity contribution in [2.45, 2.75) is 26.2 Å². The molecule has 0 saturated carbocycles. The number of hydrogen-bond donors (Lipinski definition) is 2. The van der Waals surface area contributed by atoms with Crippen LogP contribution >= 0.6 is 0 Å². The van der Waals surface area contributed by atoms with Crippen LogP contribution < -0.4 is 5.73 Å². The minimum absolute atomic E-state index is 0.321. The summed E-state index contributed by atoms with van der Waals surface area (Å²) in [6.45, 7) is 6.18. The summed E-state index contributed by atoms with van der Waals surface area (Å²) < 4.78 is 0. The number of anilines is 1. The van der Waals surface area contributed by atoms with Gasteiger partial charge in [-0.05, 0) is 60.7 Å². The van der Waals surface area contributed by atoms with Crippen LogP contribution in [0.2, 0.25) is 0 Å². The fourth-order valence-electron chi connectivity index (χ4n) is 3.22. The molecule has 0 aromatic heterocycles. The van der Waals surface area contributed by atoms with Crippen molar-refractivity contribution >= 4 is 5.69 Å². The Bertz CT molecular complexity index is 817. The Hall–Kier alpha value is -2.74. The van der Waals surface area contributed by atoms with E-state index in [1.165, 1.54) is 11.1 Å². The standard InChI is InChI=1S/C22H23NO/c1-15-13-18(9-11-20(15)23)22(3,17-7-5-4-6-8-17)19-10-12-21(24)16(2)14-19/h4-14,24H,23H2,1-3H3. The van der Waals surface area contributed by atoms with Crippen LogP contribution in [0.25, 0.3) is 0 Å². The Morgan fingerprint density at radius 1 is 0.750 bits per heavy atom. The van der Waals surface area contributed by atoms with Crippen molar-refractivity contribution in [1.29, 1.82) is 0 Å². The molecule has 24 heavy (non-hydrogen) atoms. The van der Waals surface area contributed by atoms with Crippen molar-refractivity contribution in [3.63, 3.8) is 0 Å². The van der Waals surface area contributed by atoms with Crippen LogP contribution in [0.3, 0.4) is 0 Å². The van der Waals surface area contributed by atoms with Crippen molar-refractivity contribution < 1.29 is 5.11 Å². The van der Waals surface area contributed by atoms with E-state index in [0.717, 1.165) is 22.4 Å². The van der Waals surface area contributed by atoms with Crippen LogP contribution in [-0.4, -0.2) is 5.11 Å². The molecular formula is C22H23NO. The topological polar surface area (TPSA) is 46.2 Å². The van der Waals surface area contributed by atoms with E-state index in [4.69, 9.17) is 5.73 Å². The van der Waals surface area contributed by atoms with Gasteiger partial charge in [0.05, 0.1) is 0 Å². The summed E-state index contributed by atoms with van der Waals surface area (Å²) in [5, 5.41) is 9.91. The molecular weight excluding hydrogens is 294 g/mol. The lowest BCUT2D eigenvalue weighted by molar-refractivity contribution is 0.470. The maximum atomic E-state index is 9.91. The van der Waals surface area contributed by atoms with Gasteiger partial charge in [0.25, 0.3) is 0 Å². The van der Waals surface area contributed by atoms with Gasteiger partial charge in [-0.15, -0.1) is 0 Å². The average molecular weight is 317 g/mol. The Morgan fingerprint density at radius 3 is 1.92 bits per heavy atom. The number of nitrogens with two attached hydrogens (primary N) is 1. The highest BCUT2D eigenvalue weighted by Gasteiger charge is 2.31. The number of phenolic OH excluding ortho intramolecular Hbond substituents is 1. The van der Waals surface area contributed by atoms with Crippen LogP contribution in [0, 0.1) is 13.8 Å². The zero-order valence-electron chi connectivity index (χ0n) is 14.4. The summed E-state index contributed by atoms with van der Waals surface area (Å²) >= 11 is 0. The molecule has 0 saturated heterocycles. The highest BCUT2D eigenvalue weighted by atomic mass is 16.3. The second-order valence-electron chi connectivity index (χ2n) is 6.56. The molecule has 0 amide bonds. The van der Waals surface area contributed by atoms with E-state index in [1.807, 2.05) is 32.0 Å². The maximum Gasteiger partial charge on any atom is 0.118 e. The molecule has 2 heteroatoms. The summed E-state index contributed by atoms with van der Waals surface area (Å²) in [6, 6.07) is 22.5. The highest BCUT2D eigenvalue weighted by Crippen LogP contribution is 2.40. The lowest BCUT2D eigenvalue weighted by Crippen LogP contribution is -2.25. The predicted molar refractivity (Wildman–Crippen MR) is 100 cm³/mol. The predicted octanol–water partition coefficient (Wildman–Crippen LogP) is 4.95. The van der Waals surface area contributed by atoms with E-state index in [-0.39, 0.29) is 5.41 Å². The molecule has 0 aliphatic carbocycles. The van der Waals surface area contributed by atoms with Gasteiger partial charge in [0, 0.05) is 11.1 Å². The van der Waals surface area contributed by atoms with E-state index < -0.39 is 0 Å². The molecule has 0 fully saturated rings. The lowest BCUT2D eigenvalue weighted by atomic mass is 9.70. The van der Waals surface area contributed by atoms with Crippen LogP contribution in [0.4, 0.5) is 5.69 Å². The zero-order chi connectivity index (χ0) is 17.3. The molecule has 0 aliphatic rings. The van der Waals surface area contributed by atoms with E-state index in [1.54, 1.807) is 6.07 Å². The number of aromatic hydroxyl groups is 1. The first kappa shape index (κ1) is 16.1. The quantitative estimate of drug-likeness (QED) is 0.530. The van der Waals surface area contributed by atoms with Crippen LogP contribution in [-0.2, 0) is 5.41 Å². The van der Waals surface area contributed by atoms with Gasteiger partial charge in [0.2, 0.25) is 0 Å². The smallest absolute Gasteiger partial charge is 0.118 e. The summed E-state index contributed by atoms with van der Waals surface area (Å²) in [4.78, 5) is 0.